The second-order valence-electron chi connectivity index (χ2n) is 16.1. The number of hydrogen-bond donors (Lipinski definition) is 0. The van der Waals surface area contributed by atoms with Gasteiger partial charge in [-0.1, -0.05) is 0 Å². The maximum absolute atomic E-state index is 2.76. The second-order valence-corrected chi connectivity index (χ2v) is 21.4. The van der Waals surface area contributed by atoms with E-state index in [1.165, 1.54) is 50.1 Å². The Bertz CT molecular complexity index is 1930. The molecular weight excluding hydrogens is 679 g/mol. The van der Waals surface area contributed by atoms with Gasteiger partial charge in [-0.25, -0.2) is 0 Å². The van der Waals surface area contributed by atoms with Crippen LogP contribution in [-0.2, 0) is 38.5 Å². The molecule has 1 atom stereocenters. The van der Waals surface area contributed by atoms with Gasteiger partial charge in [0.1, 0.15) is 0 Å². The minimum absolute atomic E-state index is 0. The van der Waals surface area contributed by atoms with Crippen molar-refractivity contribution in [3.05, 3.63) is 123 Å². The number of hydrogen-bond acceptors (Lipinski definition) is 0. The third-order valence-electron chi connectivity index (χ3n) is 11.1. The molecule has 46 heavy (non-hydrogen) atoms. The van der Waals surface area contributed by atoms with E-state index in [1.54, 1.807) is 28.8 Å². The fourth-order valence-corrected chi connectivity index (χ4v) is 17.9. The second kappa shape index (κ2) is 11.8. The molecule has 0 saturated carbocycles. The van der Waals surface area contributed by atoms with Gasteiger partial charge >= 0.3 is 275 Å². The summed E-state index contributed by atoms with van der Waals surface area (Å²) in [4.78, 5) is 0. The van der Waals surface area contributed by atoms with Crippen molar-refractivity contribution < 1.29 is 46.1 Å². The topological polar surface area (TPSA) is 0 Å². The van der Waals surface area contributed by atoms with Crippen LogP contribution in [0, 0.1) is 11.3 Å². The van der Waals surface area contributed by atoms with Gasteiger partial charge in [0, 0.05) is 0 Å². The van der Waals surface area contributed by atoms with Gasteiger partial charge < -0.3 is 24.8 Å². The maximum Gasteiger partial charge on any atom is -1.00 e. The average Bonchev–Trinajstić information content (AvgIpc) is 3.58. The Morgan fingerprint density at radius 2 is 1.35 bits per heavy atom. The number of halogens is 2. The Labute approximate surface area is 298 Å². The molecule has 0 bridgehead atoms. The van der Waals surface area contributed by atoms with E-state index in [4.69, 9.17) is 0 Å². The van der Waals surface area contributed by atoms with Crippen LogP contribution < -0.4 is 24.8 Å². The first-order chi connectivity index (χ1) is 20.6. The summed E-state index contributed by atoms with van der Waals surface area (Å²) in [5.74, 6) is 0.498. The average molecular weight is 727 g/mol. The van der Waals surface area contributed by atoms with Gasteiger partial charge in [-0.15, -0.1) is 0 Å². The molecular formula is C43H48Cl2Zr. The van der Waals surface area contributed by atoms with Gasteiger partial charge in [-0.3, -0.25) is 0 Å². The molecule has 4 aliphatic rings. The number of allylic oxidation sites excluding steroid dienone is 8. The number of fused-ring (bicyclic) bond motifs is 5. The molecule has 238 valence electrons. The molecule has 0 saturated heterocycles. The predicted octanol–water partition coefficient (Wildman–Crippen LogP) is 5.35. The van der Waals surface area contributed by atoms with E-state index in [1.807, 2.05) is 0 Å². The molecule has 0 radical (unpaired) electrons. The summed E-state index contributed by atoms with van der Waals surface area (Å²) in [6.07, 6.45) is 6.10. The summed E-state index contributed by atoms with van der Waals surface area (Å²) < 4.78 is 6.30. The molecule has 0 aliphatic heterocycles. The van der Waals surface area contributed by atoms with Crippen LogP contribution in [-0.4, -0.2) is 3.71 Å². The molecule has 3 aromatic rings. The van der Waals surface area contributed by atoms with Crippen molar-refractivity contribution >= 4 is 14.9 Å². The maximum atomic E-state index is 2.76. The minimum Gasteiger partial charge on any atom is -1.00 e. The van der Waals surface area contributed by atoms with E-state index in [2.05, 4.69) is 147 Å². The Kier molecular flexibility index (Phi) is 9.07. The van der Waals surface area contributed by atoms with Crippen LogP contribution in [0.5, 0.6) is 0 Å². The summed E-state index contributed by atoms with van der Waals surface area (Å²) in [7, 11) is 0. The fourth-order valence-electron chi connectivity index (χ4n) is 9.15. The minimum atomic E-state index is -2.52. The molecule has 0 amide bonds. The molecule has 0 N–H and O–H groups in total. The van der Waals surface area contributed by atoms with Crippen LogP contribution in [0.3, 0.4) is 0 Å². The Hall–Kier alpha value is -2.05. The molecule has 1 unspecified atom stereocenters. The summed E-state index contributed by atoms with van der Waals surface area (Å²) >= 11 is -2.52. The van der Waals surface area contributed by atoms with Crippen LogP contribution in [0.15, 0.2) is 84.5 Å². The molecule has 7 rings (SSSR count). The third-order valence-corrected chi connectivity index (χ3v) is 19.9. The van der Waals surface area contributed by atoms with E-state index in [-0.39, 0.29) is 41.1 Å². The quantitative estimate of drug-likeness (QED) is 0.268. The number of benzene rings is 3. The summed E-state index contributed by atoms with van der Waals surface area (Å²) in [5, 5.41) is 0. The molecule has 0 heterocycles. The Balaban J connectivity index is 0.00000208. The summed E-state index contributed by atoms with van der Waals surface area (Å²) in [6, 6.07) is 21.4. The first-order valence-corrected chi connectivity index (χ1v) is 20.4. The van der Waals surface area contributed by atoms with Crippen molar-refractivity contribution in [3.8, 4) is 11.1 Å². The van der Waals surface area contributed by atoms with Crippen LogP contribution in [0.1, 0.15) is 115 Å². The normalized spacial score (nSPS) is 20.0. The van der Waals surface area contributed by atoms with Gasteiger partial charge in [0.15, 0.2) is 0 Å². The van der Waals surface area contributed by atoms with Crippen LogP contribution in [0.25, 0.3) is 22.3 Å². The standard InChI is InChI=1S/C25H25.C11H17.C7H6.2ClH.Zr/c1-14-12-24(3,4)22-8-16-7-17-9-23-19(15(2)13-25(23,5)6)11-21(17)20(16)10-18(14)22;1-8-6-9(2)10(7-8)11(3,4)5;1-7-5-3-2-4-6-7;;;/h8-12H,7H2,1-6H3;7-8H,1-5H3;1-6H;2*1H;/q;;;;;+2/p-2. The summed E-state index contributed by atoms with van der Waals surface area (Å²) in [5.41, 5.74) is 19.7. The zero-order chi connectivity index (χ0) is 31.5. The van der Waals surface area contributed by atoms with Crippen LogP contribution in [0.2, 0.25) is 0 Å². The molecule has 0 nitrogen and oxygen atoms in total. The van der Waals surface area contributed by atoms with Gasteiger partial charge in [0.05, 0.1) is 0 Å². The van der Waals surface area contributed by atoms with E-state index in [9.17, 15) is 0 Å². The molecule has 3 heteroatoms. The van der Waals surface area contributed by atoms with Gasteiger partial charge in [-0.2, -0.15) is 0 Å². The van der Waals surface area contributed by atoms with Crippen LogP contribution in [0.4, 0.5) is 0 Å². The van der Waals surface area contributed by atoms with Crippen molar-refractivity contribution in [1.82, 2.24) is 0 Å². The molecule has 4 aliphatic carbocycles. The zero-order valence-corrected chi connectivity index (χ0v) is 33.4. The molecule has 0 spiro atoms. The van der Waals surface area contributed by atoms with E-state index in [0.717, 1.165) is 6.42 Å². The summed E-state index contributed by atoms with van der Waals surface area (Å²) in [6.45, 7) is 26.6. The van der Waals surface area contributed by atoms with Crippen molar-refractivity contribution in [1.29, 1.82) is 0 Å². The van der Waals surface area contributed by atoms with Crippen molar-refractivity contribution in [3.63, 3.8) is 0 Å². The monoisotopic (exact) mass is 724 g/mol. The van der Waals surface area contributed by atoms with Crippen molar-refractivity contribution in [2.24, 2.45) is 11.3 Å². The molecule has 3 aromatic carbocycles. The SMILES string of the molecule is CC1=CC(C)(C)c2cc3c(cc21)-c1cc2c(cc1C3)C(C)(C)[C]([Zr+2](=[CH]c1ccccc1)[C]1=C(C)C(C(C)(C)C)=CC1C)=C2C.[Cl-].[Cl-]. The van der Waals surface area contributed by atoms with Gasteiger partial charge in [0.2, 0.25) is 0 Å². The largest absolute Gasteiger partial charge is 1.00 e. The smallest absolute Gasteiger partial charge is 1.00 e. The first-order valence-electron chi connectivity index (χ1n) is 16.6. The zero-order valence-electron chi connectivity index (χ0n) is 29.5. The van der Waals surface area contributed by atoms with Crippen LogP contribution >= 0.6 is 0 Å². The van der Waals surface area contributed by atoms with E-state index in [0.29, 0.717) is 5.92 Å². The van der Waals surface area contributed by atoms with Crippen molar-refractivity contribution in [2.75, 3.05) is 0 Å². The molecule has 0 aromatic heterocycles. The van der Waals surface area contributed by atoms with E-state index < -0.39 is 21.3 Å². The first kappa shape index (κ1) is 35.3. The number of rotatable bonds is 3. The van der Waals surface area contributed by atoms with E-state index >= 15 is 0 Å². The Morgan fingerprint density at radius 1 is 0.761 bits per heavy atom. The third kappa shape index (κ3) is 5.32. The van der Waals surface area contributed by atoms with Gasteiger partial charge in [-0.05, 0) is 0 Å². The Morgan fingerprint density at radius 3 is 1.93 bits per heavy atom. The predicted molar refractivity (Wildman–Crippen MR) is 188 cm³/mol. The van der Waals surface area contributed by atoms with Crippen molar-refractivity contribution in [2.45, 2.75) is 93.4 Å². The fraction of sp³-hybridized carbons (Fsp3) is 0.372. The molecule has 0 fully saturated rings. The van der Waals surface area contributed by atoms with Gasteiger partial charge in [0.25, 0.3) is 0 Å².